The van der Waals surface area contributed by atoms with Crippen LogP contribution in [0.3, 0.4) is 0 Å². The van der Waals surface area contributed by atoms with E-state index in [1.165, 1.54) is 0 Å². The second-order valence-electron chi connectivity index (χ2n) is 6.59. The number of benzene rings is 1. The van der Waals surface area contributed by atoms with Crippen LogP contribution in [0.2, 0.25) is 5.02 Å². The van der Waals surface area contributed by atoms with Crippen LogP contribution in [0.25, 0.3) is 16.9 Å². The summed E-state index contributed by atoms with van der Waals surface area (Å²) in [5, 5.41) is 4.18. The molecule has 1 saturated heterocycles. The molecule has 26 heavy (non-hydrogen) atoms. The van der Waals surface area contributed by atoms with E-state index in [0.29, 0.717) is 5.02 Å². The van der Waals surface area contributed by atoms with Gasteiger partial charge in [0, 0.05) is 31.4 Å². The maximum atomic E-state index is 6.27. The lowest BCUT2D eigenvalue weighted by atomic mass is 10.1. The minimum absolute atomic E-state index is 0.714. The fraction of sp³-hybridized carbons (Fsp3) is 0.350. The van der Waals surface area contributed by atoms with E-state index in [1.807, 2.05) is 36.5 Å². The molecule has 4 rings (SSSR count). The number of nitrogens with zero attached hydrogens (tertiary/aromatic N) is 3. The van der Waals surface area contributed by atoms with Gasteiger partial charge in [-0.15, -0.1) is 0 Å². The molecule has 0 spiro atoms. The molecule has 0 aliphatic carbocycles. The molecule has 0 radical (unpaired) electrons. The normalized spacial score (nSPS) is 15.9. The van der Waals surface area contributed by atoms with Crippen LogP contribution in [-0.2, 0) is 6.54 Å². The first-order valence-corrected chi connectivity index (χ1v) is 9.36. The van der Waals surface area contributed by atoms with Crippen LogP contribution in [0.1, 0.15) is 12.1 Å². The molecule has 1 aliphatic heterocycles. The molecule has 3 aromatic rings. The molecule has 5 nitrogen and oxygen atoms in total. The molecule has 136 valence electrons. The van der Waals surface area contributed by atoms with E-state index in [0.717, 1.165) is 67.5 Å². The molecular weight excluding hydrogens is 348 g/mol. The van der Waals surface area contributed by atoms with Crippen LogP contribution in [0, 0.1) is 0 Å². The third-order valence-corrected chi connectivity index (χ3v) is 5.05. The predicted octanol–water partition coefficient (Wildman–Crippen LogP) is 3.46. The first-order chi connectivity index (χ1) is 12.7. The number of methoxy groups -OCH3 is 1. The summed E-state index contributed by atoms with van der Waals surface area (Å²) < 4.78 is 7.52. The smallest absolute Gasteiger partial charge is 0.137 e. The summed E-state index contributed by atoms with van der Waals surface area (Å²) in [4.78, 5) is 7.38. The Labute approximate surface area is 158 Å². The minimum atomic E-state index is 0.714. The first-order valence-electron chi connectivity index (χ1n) is 8.98. The molecule has 1 N–H and O–H groups in total. The fourth-order valence-corrected chi connectivity index (χ4v) is 3.65. The van der Waals surface area contributed by atoms with Gasteiger partial charge in [-0.3, -0.25) is 4.90 Å². The molecule has 0 amide bonds. The van der Waals surface area contributed by atoms with Gasteiger partial charge in [-0.05, 0) is 43.8 Å². The zero-order chi connectivity index (χ0) is 17.9. The largest absolute Gasteiger partial charge is 0.497 e. The highest BCUT2D eigenvalue weighted by Crippen LogP contribution is 2.29. The second-order valence-corrected chi connectivity index (χ2v) is 7.03. The van der Waals surface area contributed by atoms with Gasteiger partial charge in [0.15, 0.2) is 0 Å². The third kappa shape index (κ3) is 3.56. The molecule has 0 saturated carbocycles. The first kappa shape index (κ1) is 17.3. The number of halogens is 1. The van der Waals surface area contributed by atoms with Gasteiger partial charge in [-0.25, -0.2) is 4.98 Å². The van der Waals surface area contributed by atoms with Crippen LogP contribution in [0.15, 0.2) is 42.6 Å². The van der Waals surface area contributed by atoms with Crippen molar-refractivity contribution in [1.29, 1.82) is 0 Å². The lowest BCUT2D eigenvalue weighted by Gasteiger charge is -2.20. The summed E-state index contributed by atoms with van der Waals surface area (Å²) in [6, 6.07) is 11.9. The van der Waals surface area contributed by atoms with Crippen molar-refractivity contribution in [2.75, 3.05) is 33.3 Å². The number of fused-ring (bicyclic) bond motifs is 1. The Bertz CT molecular complexity index is 900. The van der Waals surface area contributed by atoms with Crippen molar-refractivity contribution in [1.82, 2.24) is 19.6 Å². The average molecular weight is 371 g/mol. The second kappa shape index (κ2) is 7.66. The van der Waals surface area contributed by atoms with Gasteiger partial charge in [0.1, 0.15) is 11.4 Å². The highest BCUT2D eigenvalue weighted by atomic mass is 35.5. The van der Waals surface area contributed by atoms with Gasteiger partial charge in [0.2, 0.25) is 0 Å². The Morgan fingerprint density at radius 2 is 2.12 bits per heavy atom. The SMILES string of the molecule is COc1cccc(-c2nc3ccc(Cl)cn3c2CN2CCCNCC2)c1. The average Bonchev–Trinajstić information content (AvgIpc) is 2.83. The Kier molecular flexibility index (Phi) is 5.11. The number of pyridine rings is 1. The summed E-state index contributed by atoms with van der Waals surface area (Å²) >= 11 is 6.27. The van der Waals surface area contributed by atoms with Gasteiger partial charge in [0.25, 0.3) is 0 Å². The van der Waals surface area contributed by atoms with E-state index < -0.39 is 0 Å². The van der Waals surface area contributed by atoms with Gasteiger partial charge in [0.05, 0.1) is 23.5 Å². The van der Waals surface area contributed by atoms with Crippen molar-refractivity contribution in [3.05, 3.63) is 53.3 Å². The lowest BCUT2D eigenvalue weighted by Crippen LogP contribution is -2.28. The Morgan fingerprint density at radius 3 is 3.00 bits per heavy atom. The summed E-state index contributed by atoms with van der Waals surface area (Å²) in [5.41, 5.74) is 4.13. The highest BCUT2D eigenvalue weighted by Gasteiger charge is 2.18. The van der Waals surface area contributed by atoms with E-state index in [1.54, 1.807) is 7.11 Å². The van der Waals surface area contributed by atoms with Crippen molar-refractivity contribution in [2.24, 2.45) is 0 Å². The summed E-state index contributed by atoms with van der Waals surface area (Å²) in [6.07, 6.45) is 3.12. The van der Waals surface area contributed by atoms with Crippen LogP contribution in [0.5, 0.6) is 5.75 Å². The van der Waals surface area contributed by atoms with Crippen LogP contribution in [0.4, 0.5) is 0 Å². The van der Waals surface area contributed by atoms with Gasteiger partial charge >= 0.3 is 0 Å². The molecule has 1 aliphatic rings. The number of nitrogens with one attached hydrogen (secondary N) is 1. The van der Waals surface area contributed by atoms with E-state index in [2.05, 4.69) is 20.7 Å². The van der Waals surface area contributed by atoms with Gasteiger partial charge in [-0.2, -0.15) is 0 Å². The molecule has 0 atom stereocenters. The summed E-state index contributed by atoms with van der Waals surface area (Å²) in [5.74, 6) is 0.836. The monoisotopic (exact) mass is 370 g/mol. The number of hydrogen-bond acceptors (Lipinski definition) is 4. The zero-order valence-corrected chi connectivity index (χ0v) is 15.7. The van der Waals surface area contributed by atoms with Crippen molar-refractivity contribution in [3.8, 4) is 17.0 Å². The fourth-order valence-electron chi connectivity index (χ4n) is 3.49. The van der Waals surface area contributed by atoms with Gasteiger partial charge < -0.3 is 14.5 Å². The number of hydrogen-bond donors (Lipinski definition) is 1. The summed E-state index contributed by atoms with van der Waals surface area (Å²) in [7, 11) is 1.69. The van der Waals surface area contributed by atoms with Crippen LogP contribution >= 0.6 is 11.6 Å². The van der Waals surface area contributed by atoms with E-state index in [4.69, 9.17) is 21.3 Å². The molecule has 1 fully saturated rings. The zero-order valence-electron chi connectivity index (χ0n) is 14.9. The quantitative estimate of drug-likeness (QED) is 0.763. The molecule has 0 bridgehead atoms. The minimum Gasteiger partial charge on any atom is -0.497 e. The molecular formula is C20H23ClN4O. The summed E-state index contributed by atoms with van der Waals surface area (Å²) in [6.45, 7) is 5.06. The number of rotatable bonds is 4. The maximum Gasteiger partial charge on any atom is 0.137 e. The van der Waals surface area contributed by atoms with Gasteiger partial charge in [-0.1, -0.05) is 23.7 Å². The van der Waals surface area contributed by atoms with E-state index >= 15 is 0 Å². The maximum absolute atomic E-state index is 6.27. The van der Waals surface area contributed by atoms with E-state index in [9.17, 15) is 0 Å². The van der Waals surface area contributed by atoms with Crippen LogP contribution < -0.4 is 10.1 Å². The Morgan fingerprint density at radius 1 is 1.19 bits per heavy atom. The Hall–Kier alpha value is -2.08. The molecule has 0 unspecified atom stereocenters. The van der Waals surface area contributed by atoms with Crippen molar-refractivity contribution >= 4 is 17.2 Å². The molecule has 3 heterocycles. The standard InChI is InChI=1S/C20H23ClN4O/c1-26-17-5-2-4-15(12-17)20-18(14-24-10-3-8-22-9-11-24)25-13-16(21)6-7-19(25)23-20/h2,4-7,12-13,22H,3,8-11,14H2,1H3. The predicted molar refractivity (Wildman–Crippen MR) is 105 cm³/mol. The third-order valence-electron chi connectivity index (χ3n) is 4.83. The Balaban J connectivity index is 1.80. The van der Waals surface area contributed by atoms with Crippen molar-refractivity contribution < 1.29 is 4.74 Å². The highest BCUT2D eigenvalue weighted by molar-refractivity contribution is 6.30. The van der Waals surface area contributed by atoms with E-state index in [-0.39, 0.29) is 0 Å². The molecule has 2 aromatic heterocycles. The number of imidazole rings is 1. The topological polar surface area (TPSA) is 41.8 Å². The molecule has 1 aromatic carbocycles. The number of aromatic nitrogens is 2. The lowest BCUT2D eigenvalue weighted by molar-refractivity contribution is 0.281. The number of ether oxygens (including phenoxy) is 1. The van der Waals surface area contributed by atoms with Crippen LogP contribution in [-0.4, -0.2) is 47.6 Å². The van der Waals surface area contributed by atoms with Crippen molar-refractivity contribution in [2.45, 2.75) is 13.0 Å². The molecule has 6 heteroatoms. The van der Waals surface area contributed by atoms with Crippen molar-refractivity contribution in [3.63, 3.8) is 0 Å².